The molecule has 2 rings (SSSR count). The molecule has 0 radical (unpaired) electrons. The zero-order valence-electron chi connectivity index (χ0n) is 10.1. The maximum Gasteiger partial charge on any atom is 0.345 e. The molecule has 0 aliphatic rings. The maximum atomic E-state index is 13.5. The van der Waals surface area contributed by atoms with E-state index < -0.39 is 17.9 Å². The van der Waals surface area contributed by atoms with Gasteiger partial charge in [-0.2, -0.15) is 0 Å². The normalized spacial score (nSPS) is 11.8. The van der Waals surface area contributed by atoms with Crippen LogP contribution in [0.3, 0.4) is 0 Å². The van der Waals surface area contributed by atoms with Gasteiger partial charge < -0.3 is 9.84 Å². The average molecular weight is 260 g/mol. The van der Waals surface area contributed by atoms with Gasteiger partial charge in [0.05, 0.1) is 0 Å². The highest BCUT2D eigenvalue weighted by Crippen LogP contribution is 2.15. The van der Waals surface area contributed by atoms with Crippen LogP contribution in [0.5, 0.6) is 5.75 Å². The minimum absolute atomic E-state index is 0.0170. The molecular weight excluding hydrogens is 247 g/mol. The number of carboxylic acid groups (broad SMARTS) is 1. The Morgan fingerprint density at radius 1 is 1.11 bits per heavy atom. The largest absolute Gasteiger partial charge is 0.478 e. The van der Waals surface area contributed by atoms with Crippen LogP contribution in [-0.2, 0) is 11.2 Å². The highest BCUT2D eigenvalue weighted by molar-refractivity contribution is 5.73. The Morgan fingerprint density at radius 2 is 1.74 bits per heavy atom. The van der Waals surface area contributed by atoms with Crippen molar-refractivity contribution in [2.24, 2.45) is 0 Å². The van der Waals surface area contributed by atoms with Crippen LogP contribution in [0.1, 0.15) is 5.56 Å². The predicted octanol–water partition coefficient (Wildman–Crippen LogP) is 2.90. The van der Waals surface area contributed by atoms with Crippen LogP contribution in [0, 0.1) is 5.82 Å². The van der Waals surface area contributed by atoms with E-state index in [4.69, 9.17) is 9.84 Å². The third-order valence-electron chi connectivity index (χ3n) is 2.66. The zero-order valence-corrected chi connectivity index (χ0v) is 10.1. The summed E-state index contributed by atoms with van der Waals surface area (Å²) >= 11 is 0. The van der Waals surface area contributed by atoms with Crippen molar-refractivity contribution in [2.45, 2.75) is 12.5 Å². The molecule has 0 heterocycles. The molecule has 0 bridgehead atoms. The first-order valence-electron chi connectivity index (χ1n) is 5.85. The fourth-order valence-electron chi connectivity index (χ4n) is 1.71. The monoisotopic (exact) mass is 260 g/mol. The van der Waals surface area contributed by atoms with E-state index in [9.17, 15) is 9.18 Å². The summed E-state index contributed by atoms with van der Waals surface area (Å²) in [5.41, 5.74) is 0.325. The van der Waals surface area contributed by atoms with E-state index in [-0.39, 0.29) is 6.42 Å². The Bertz CT molecular complexity index is 554. The quantitative estimate of drug-likeness (QED) is 0.899. The number of carboxylic acids is 1. The first-order chi connectivity index (χ1) is 9.16. The van der Waals surface area contributed by atoms with Crippen molar-refractivity contribution in [3.63, 3.8) is 0 Å². The van der Waals surface area contributed by atoms with Gasteiger partial charge in [0.15, 0.2) is 6.10 Å². The van der Waals surface area contributed by atoms with Gasteiger partial charge in [0.2, 0.25) is 0 Å². The fourth-order valence-corrected chi connectivity index (χ4v) is 1.71. The molecule has 98 valence electrons. The van der Waals surface area contributed by atoms with Crippen LogP contribution in [0.15, 0.2) is 54.6 Å². The first kappa shape index (κ1) is 13.1. The highest BCUT2D eigenvalue weighted by Gasteiger charge is 2.21. The molecule has 0 unspecified atom stereocenters. The molecule has 0 aliphatic heterocycles. The molecule has 2 aromatic rings. The van der Waals surface area contributed by atoms with Gasteiger partial charge in [-0.15, -0.1) is 0 Å². The summed E-state index contributed by atoms with van der Waals surface area (Å²) in [6, 6.07) is 14.7. The van der Waals surface area contributed by atoms with E-state index in [2.05, 4.69) is 0 Å². The molecule has 0 fully saturated rings. The van der Waals surface area contributed by atoms with Crippen molar-refractivity contribution >= 4 is 5.97 Å². The molecule has 0 saturated carbocycles. The summed E-state index contributed by atoms with van der Waals surface area (Å²) in [5, 5.41) is 9.14. The molecule has 1 atom stereocenters. The number of rotatable bonds is 5. The summed E-state index contributed by atoms with van der Waals surface area (Å²) in [6.45, 7) is 0. The van der Waals surface area contributed by atoms with Crippen LogP contribution in [0.25, 0.3) is 0 Å². The van der Waals surface area contributed by atoms with Gasteiger partial charge in [0.25, 0.3) is 0 Å². The lowest BCUT2D eigenvalue weighted by atomic mass is 10.1. The van der Waals surface area contributed by atoms with Gasteiger partial charge in [-0.3, -0.25) is 0 Å². The topological polar surface area (TPSA) is 46.5 Å². The van der Waals surface area contributed by atoms with Crippen LogP contribution < -0.4 is 4.74 Å². The second kappa shape index (κ2) is 6.00. The molecule has 2 aromatic carbocycles. The Kier molecular flexibility index (Phi) is 4.13. The Balaban J connectivity index is 2.13. The highest BCUT2D eigenvalue weighted by atomic mass is 19.1. The Labute approximate surface area is 110 Å². The molecule has 0 spiro atoms. The number of benzene rings is 2. The Hall–Kier alpha value is -2.36. The average Bonchev–Trinajstić information content (AvgIpc) is 2.41. The van der Waals surface area contributed by atoms with E-state index in [0.717, 1.165) is 0 Å². The molecule has 1 N–H and O–H groups in total. The van der Waals surface area contributed by atoms with Crippen molar-refractivity contribution in [3.05, 3.63) is 66.0 Å². The lowest BCUT2D eigenvalue weighted by Gasteiger charge is -2.15. The van der Waals surface area contributed by atoms with Gasteiger partial charge in [0, 0.05) is 6.42 Å². The van der Waals surface area contributed by atoms with Gasteiger partial charge >= 0.3 is 5.97 Å². The van der Waals surface area contributed by atoms with Crippen LogP contribution in [0.2, 0.25) is 0 Å². The smallest absolute Gasteiger partial charge is 0.345 e. The van der Waals surface area contributed by atoms with E-state index in [0.29, 0.717) is 11.3 Å². The van der Waals surface area contributed by atoms with Crippen LogP contribution in [0.4, 0.5) is 4.39 Å². The third kappa shape index (κ3) is 3.55. The second-order valence-corrected chi connectivity index (χ2v) is 4.05. The molecule has 3 nitrogen and oxygen atoms in total. The lowest BCUT2D eigenvalue weighted by molar-refractivity contribution is -0.145. The summed E-state index contributed by atoms with van der Waals surface area (Å²) < 4.78 is 18.9. The number of halogens is 1. The molecule has 0 amide bonds. The second-order valence-electron chi connectivity index (χ2n) is 4.05. The number of aliphatic carboxylic acids is 1. The van der Waals surface area contributed by atoms with Crippen LogP contribution in [-0.4, -0.2) is 17.2 Å². The molecular formula is C15H13FO3. The maximum absolute atomic E-state index is 13.5. The number of para-hydroxylation sites is 1. The molecule has 0 aliphatic carbocycles. The van der Waals surface area contributed by atoms with Crippen molar-refractivity contribution in [1.29, 1.82) is 0 Å². The first-order valence-corrected chi connectivity index (χ1v) is 5.85. The van der Waals surface area contributed by atoms with E-state index >= 15 is 0 Å². The number of hydrogen-bond acceptors (Lipinski definition) is 2. The molecule has 4 heteroatoms. The van der Waals surface area contributed by atoms with Gasteiger partial charge in [-0.1, -0.05) is 36.4 Å². The van der Waals surface area contributed by atoms with Crippen molar-refractivity contribution in [2.75, 3.05) is 0 Å². The van der Waals surface area contributed by atoms with Gasteiger partial charge in [-0.05, 0) is 23.8 Å². The summed E-state index contributed by atoms with van der Waals surface area (Å²) in [7, 11) is 0. The fraction of sp³-hybridized carbons (Fsp3) is 0.133. The SMILES string of the molecule is O=C(O)[C@@H](Cc1ccccc1F)Oc1ccccc1. The molecule has 0 saturated heterocycles. The summed E-state index contributed by atoms with van der Waals surface area (Å²) in [5.74, 6) is -1.09. The van der Waals surface area contributed by atoms with E-state index in [1.165, 1.54) is 6.07 Å². The lowest BCUT2D eigenvalue weighted by Crippen LogP contribution is -2.29. The van der Waals surface area contributed by atoms with Crippen molar-refractivity contribution in [3.8, 4) is 5.75 Å². The minimum atomic E-state index is -1.12. The number of ether oxygens (including phenoxy) is 1. The van der Waals surface area contributed by atoms with Crippen LogP contribution >= 0.6 is 0 Å². The van der Waals surface area contributed by atoms with Crippen molar-refractivity contribution in [1.82, 2.24) is 0 Å². The van der Waals surface area contributed by atoms with Crippen molar-refractivity contribution < 1.29 is 19.0 Å². The molecule has 0 aromatic heterocycles. The number of hydrogen-bond donors (Lipinski definition) is 1. The molecule has 19 heavy (non-hydrogen) atoms. The standard InChI is InChI=1S/C15H13FO3/c16-13-9-5-4-6-11(13)10-14(15(17)18)19-12-7-2-1-3-8-12/h1-9,14H,10H2,(H,17,18)/t14-/m1/s1. The third-order valence-corrected chi connectivity index (χ3v) is 2.66. The minimum Gasteiger partial charge on any atom is -0.478 e. The number of carbonyl (C=O) groups is 1. The van der Waals surface area contributed by atoms with Gasteiger partial charge in [-0.25, -0.2) is 9.18 Å². The van der Waals surface area contributed by atoms with Gasteiger partial charge in [0.1, 0.15) is 11.6 Å². The van der Waals surface area contributed by atoms with E-state index in [1.54, 1.807) is 48.5 Å². The van der Waals surface area contributed by atoms with E-state index in [1.807, 2.05) is 0 Å². The predicted molar refractivity (Wildman–Crippen MR) is 68.6 cm³/mol. The summed E-state index contributed by atoms with van der Waals surface area (Å²) in [6.07, 6.45) is -1.13. The Morgan fingerprint density at radius 3 is 2.37 bits per heavy atom. The zero-order chi connectivity index (χ0) is 13.7. The summed E-state index contributed by atoms with van der Waals surface area (Å²) in [4.78, 5) is 11.2.